The molecule has 4 heterocycles. The van der Waals surface area contributed by atoms with Gasteiger partial charge in [-0.1, -0.05) is 6.58 Å². The number of likely N-dealkylation sites (tertiary alicyclic amines) is 1. The molecule has 1 aromatic carbocycles. The number of nitrogens with zero attached hydrogens (tertiary/aromatic N) is 5. The average Bonchev–Trinajstić information content (AvgIpc) is 3.28. The second-order valence-corrected chi connectivity index (χ2v) is 11.4. The summed E-state index contributed by atoms with van der Waals surface area (Å²) < 4.78 is 83.5. The van der Waals surface area contributed by atoms with E-state index in [-0.39, 0.29) is 62.2 Å². The molecular formula is C29H35F5N6O3. The standard InChI is InChI=1S/C29H35F5N6O3/c1-5-23(41)39-6-7-40(16(3)11-39)27-19-14-42-22(24-25(29(32,33)34)15(2)8-20(35)26(24)31)10-21(19)36-28(37-27)43-13-18-9-17(30)12-38(18)4/h5,8,16-18,22H,1,6-7,9-14,35H2,2-4H3/t16-,17+,18-,22-/m0/s1. The van der Waals surface area contributed by atoms with Crippen LogP contribution in [-0.4, -0.2) is 83.8 Å². The third-order valence-electron chi connectivity index (χ3n) is 8.42. The number of rotatable bonds is 6. The molecule has 0 saturated carbocycles. The van der Waals surface area contributed by atoms with E-state index in [2.05, 4.69) is 16.5 Å². The number of nitrogens with two attached hydrogens (primary N) is 1. The molecule has 0 radical (unpaired) electrons. The fourth-order valence-corrected chi connectivity index (χ4v) is 6.22. The number of nitrogen functional groups attached to an aromatic ring is 1. The topological polar surface area (TPSA) is 97.0 Å². The van der Waals surface area contributed by atoms with Crippen LogP contribution in [-0.2, 0) is 28.7 Å². The summed E-state index contributed by atoms with van der Waals surface area (Å²) in [5.41, 5.74) is 4.22. The molecule has 2 aromatic rings. The van der Waals surface area contributed by atoms with Crippen LogP contribution in [0.4, 0.5) is 33.5 Å². The first-order valence-electron chi connectivity index (χ1n) is 14.1. The van der Waals surface area contributed by atoms with E-state index in [0.29, 0.717) is 36.7 Å². The Morgan fingerprint density at radius 2 is 2.02 bits per heavy atom. The van der Waals surface area contributed by atoms with Gasteiger partial charge in [0.2, 0.25) is 5.91 Å². The summed E-state index contributed by atoms with van der Waals surface area (Å²) in [7, 11) is 1.79. The molecule has 4 atom stereocenters. The first-order valence-corrected chi connectivity index (χ1v) is 14.1. The lowest BCUT2D eigenvalue weighted by Gasteiger charge is -2.41. The largest absolute Gasteiger partial charge is 0.462 e. The Labute approximate surface area is 246 Å². The fraction of sp³-hybridized carbons (Fsp3) is 0.552. The summed E-state index contributed by atoms with van der Waals surface area (Å²) >= 11 is 0. The molecule has 0 spiro atoms. The van der Waals surface area contributed by atoms with Gasteiger partial charge in [0, 0.05) is 55.8 Å². The zero-order valence-corrected chi connectivity index (χ0v) is 24.3. The highest BCUT2D eigenvalue weighted by atomic mass is 19.4. The van der Waals surface area contributed by atoms with E-state index >= 15 is 4.39 Å². The van der Waals surface area contributed by atoms with Gasteiger partial charge in [-0.3, -0.25) is 9.69 Å². The lowest BCUT2D eigenvalue weighted by Crippen LogP contribution is -2.54. The van der Waals surface area contributed by atoms with Crippen molar-refractivity contribution in [3.8, 4) is 6.01 Å². The number of piperazine rings is 1. The van der Waals surface area contributed by atoms with Crippen molar-refractivity contribution in [1.82, 2.24) is 19.8 Å². The Hall–Kier alpha value is -3.52. The van der Waals surface area contributed by atoms with Crippen molar-refractivity contribution in [3.63, 3.8) is 0 Å². The summed E-state index contributed by atoms with van der Waals surface area (Å²) in [6.45, 7) is 8.07. The molecule has 9 nitrogen and oxygen atoms in total. The molecule has 5 rings (SSSR count). The van der Waals surface area contributed by atoms with Crippen LogP contribution < -0.4 is 15.4 Å². The summed E-state index contributed by atoms with van der Waals surface area (Å²) in [6.07, 6.45) is -5.80. The smallest absolute Gasteiger partial charge is 0.417 e. The van der Waals surface area contributed by atoms with Crippen LogP contribution in [0.1, 0.15) is 47.4 Å². The molecule has 1 amide bonds. The molecule has 2 N–H and O–H groups in total. The Balaban J connectivity index is 1.52. The van der Waals surface area contributed by atoms with Crippen LogP contribution in [0, 0.1) is 12.7 Å². The number of benzene rings is 1. The molecule has 1 aromatic heterocycles. The maximum atomic E-state index is 15.3. The number of carbonyl (C=O) groups excluding carboxylic acids is 1. The van der Waals surface area contributed by atoms with Crippen LogP contribution in [0.5, 0.6) is 6.01 Å². The first-order chi connectivity index (χ1) is 20.3. The van der Waals surface area contributed by atoms with E-state index in [4.69, 9.17) is 15.2 Å². The second-order valence-electron chi connectivity index (χ2n) is 11.4. The van der Waals surface area contributed by atoms with E-state index in [1.54, 1.807) is 11.9 Å². The van der Waals surface area contributed by atoms with E-state index < -0.39 is 41.1 Å². The van der Waals surface area contributed by atoms with E-state index in [1.165, 1.54) is 13.0 Å². The minimum Gasteiger partial charge on any atom is -0.462 e. The number of carbonyl (C=O) groups is 1. The first kappa shape index (κ1) is 30.9. The quantitative estimate of drug-likeness (QED) is 0.298. The second kappa shape index (κ2) is 11.9. The number of anilines is 2. The van der Waals surface area contributed by atoms with Crippen LogP contribution in [0.3, 0.4) is 0 Å². The number of alkyl halides is 4. The molecule has 2 fully saturated rings. The average molecular weight is 611 g/mol. The Bertz CT molecular complexity index is 1410. The fourth-order valence-electron chi connectivity index (χ4n) is 6.22. The third kappa shape index (κ3) is 6.12. The lowest BCUT2D eigenvalue weighted by atomic mass is 9.91. The monoisotopic (exact) mass is 610 g/mol. The molecule has 0 bridgehead atoms. The van der Waals surface area contributed by atoms with Gasteiger partial charge in [0.05, 0.1) is 29.7 Å². The number of fused-ring (bicyclic) bond motifs is 1. The predicted octanol–water partition coefficient (Wildman–Crippen LogP) is 3.98. The predicted molar refractivity (Wildman–Crippen MR) is 149 cm³/mol. The van der Waals surface area contributed by atoms with Crippen molar-refractivity contribution >= 4 is 17.4 Å². The number of hydrogen-bond donors (Lipinski definition) is 1. The van der Waals surface area contributed by atoms with E-state index in [1.807, 2.05) is 16.7 Å². The number of halogens is 5. The van der Waals surface area contributed by atoms with Crippen molar-refractivity contribution in [2.24, 2.45) is 0 Å². The highest BCUT2D eigenvalue weighted by Crippen LogP contribution is 2.44. The SMILES string of the molecule is C=CC(=O)N1CCN(c2nc(OC[C@@H]3C[C@@H](F)CN3C)nc3c2CO[C@H](c2c(F)c(N)cc(C)c2C(F)(F)F)C3)[C@@H](C)C1. The molecule has 2 saturated heterocycles. The van der Waals surface area contributed by atoms with Crippen LogP contribution in [0.25, 0.3) is 0 Å². The summed E-state index contributed by atoms with van der Waals surface area (Å²) in [4.78, 5) is 26.9. The van der Waals surface area contributed by atoms with Crippen LogP contribution in [0.2, 0.25) is 0 Å². The number of likely N-dealkylation sites (N-methyl/N-ethyl adjacent to an activating group) is 1. The van der Waals surface area contributed by atoms with E-state index in [0.717, 1.165) is 6.07 Å². The van der Waals surface area contributed by atoms with Crippen molar-refractivity contribution in [3.05, 3.63) is 52.5 Å². The number of aromatic nitrogens is 2. The minimum atomic E-state index is -4.84. The van der Waals surface area contributed by atoms with Gasteiger partial charge in [0.15, 0.2) is 5.82 Å². The van der Waals surface area contributed by atoms with Gasteiger partial charge in [-0.2, -0.15) is 23.1 Å². The molecular weight excluding hydrogens is 575 g/mol. The minimum absolute atomic E-state index is 0.0258. The van der Waals surface area contributed by atoms with Crippen molar-refractivity contribution in [1.29, 1.82) is 0 Å². The normalized spacial score (nSPS) is 24.7. The highest BCUT2D eigenvalue weighted by Gasteiger charge is 2.42. The zero-order valence-electron chi connectivity index (χ0n) is 24.3. The molecule has 43 heavy (non-hydrogen) atoms. The number of aryl methyl sites for hydroxylation is 1. The lowest BCUT2D eigenvalue weighted by molar-refractivity contribution is -0.140. The van der Waals surface area contributed by atoms with Gasteiger partial charge >= 0.3 is 12.2 Å². The van der Waals surface area contributed by atoms with Gasteiger partial charge in [-0.25, -0.2) is 8.78 Å². The Morgan fingerprint density at radius 1 is 1.28 bits per heavy atom. The maximum absolute atomic E-state index is 15.3. The molecule has 14 heteroatoms. The van der Waals surface area contributed by atoms with Gasteiger partial charge in [0.1, 0.15) is 18.6 Å². The van der Waals surface area contributed by atoms with Crippen molar-refractivity contribution in [2.75, 3.05) is 50.5 Å². The van der Waals surface area contributed by atoms with E-state index in [9.17, 15) is 22.4 Å². The number of hydrogen-bond acceptors (Lipinski definition) is 8. The van der Waals surface area contributed by atoms with Gasteiger partial charge in [0.25, 0.3) is 0 Å². The zero-order chi connectivity index (χ0) is 31.2. The third-order valence-corrected chi connectivity index (χ3v) is 8.42. The number of ether oxygens (including phenoxy) is 2. The summed E-state index contributed by atoms with van der Waals surface area (Å²) in [6, 6.07) is 0.536. The molecule has 3 aliphatic rings. The van der Waals surface area contributed by atoms with Crippen molar-refractivity contribution in [2.45, 2.75) is 63.8 Å². The Morgan fingerprint density at radius 3 is 2.65 bits per heavy atom. The maximum Gasteiger partial charge on any atom is 0.417 e. The molecule has 3 aliphatic heterocycles. The highest BCUT2D eigenvalue weighted by molar-refractivity contribution is 5.87. The van der Waals surface area contributed by atoms with Crippen LogP contribution in [0.15, 0.2) is 18.7 Å². The molecule has 0 unspecified atom stereocenters. The summed E-state index contributed by atoms with van der Waals surface area (Å²) in [5.74, 6) is -0.919. The van der Waals surface area contributed by atoms with Crippen molar-refractivity contribution < 1.29 is 36.2 Å². The van der Waals surface area contributed by atoms with Crippen LogP contribution >= 0.6 is 0 Å². The molecule has 234 valence electrons. The van der Waals surface area contributed by atoms with Gasteiger partial charge in [-0.05, 0) is 45.0 Å². The molecule has 0 aliphatic carbocycles. The van der Waals surface area contributed by atoms with Gasteiger partial charge < -0.3 is 25.0 Å². The summed E-state index contributed by atoms with van der Waals surface area (Å²) in [5, 5.41) is 0. The number of amides is 1. The van der Waals surface area contributed by atoms with Gasteiger partial charge in [-0.15, -0.1) is 0 Å². The Kier molecular flexibility index (Phi) is 8.54.